The Bertz CT molecular complexity index is 525. The molecule has 0 aromatic carbocycles. The summed E-state index contributed by atoms with van der Waals surface area (Å²) in [4.78, 5) is 4.12. The molecular weight excluding hydrogens is 288 g/mol. The van der Waals surface area contributed by atoms with Crippen molar-refractivity contribution in [3.8, 4) is 5.88 Å². The lowest BCUT2D eigenvalue weighted by atomic mass is 9.99. The molecule has 0 N–H and O–H groups in total. The molecule has 1 fully saturated rings. The summed E-state index contributed by atoms with van der Waals surface area (Å²) in [6.45, 7) is 5.50. The number of piperidine rings is 1. The maximum Gasteiger partial charge on any atom is 0.216 e. The van der Waals surface area contributed by atoms with Gasteiger partial charge in [-0.2, -0.15) is 0 Å². The lowest BCUT2D eigenvalue weighted by Crippen LogP contribution is -2.43. The zero-order valence-electron chi connectivity index (χ0n) is 12.7. The van der Waals surface area contributed by atoms with E-state index >= 15 is 0 Å². The maximum absolute atomic E-state index is 12.3. The highest BCUT2D eigenvalue weighted by molar-refractivity contribution is 7.89. The molecule has 2 heterocycles. The molecular formula is C15H24N2O3S. The van der Waals surface area contributed by atoms with E-state index in [1.807, 2.05) is 25.1 Å². The number of sulfonamides is 1. The predicted octanol–water partition coefficient (Wildman–Crippen LogP) is 2.30. The first kappa shape index (κ1) is 16.2. The Kier molecular flexibility index (Phi) is 5.58. The van der Waals surface area contributed by atoms with Gasteiger partial charge in [-0.1, -0.05) is 13.0 Å². The zero-order valence-corrected chi connectivity index (χ0v) is 13.6. The summed E-state index contributed by atoms with van der Waals surface area (Å²) >= 11 is 0. The molecule has 1 aliphatic heterocycles. The fourth-order valence-corrected chi connectivity index (χ4v) is 4.08. The van der Waals surface area contributed by atoms with E-state index in [0.717, 1.165) is 12.8 Å². The van der Waals surface area contributed by atoms with Gasteiger partial charge in [-0.3, -0.25) is 0 Å². The standard InChI is InChI=1S/C15H24N2O3S/c1-3-13(2)21(18,19)17-10-7-14(8-11-17)12-20-15-6-4-5-9-16-15/h4-6,9,13-14H,3,7-8,10-12H2,1-2H3. The molecule has 0 radical (unpaired) electrons. The molecule has 1 unspecified atom stereocenters. The van der Waals surface area contributed by atoms with Crippen LogP contribution < -0.4 is 4.74 Å². The Morgan fingerprint density at radius 1 is 1.38 bits per heavy atom. The van der Waals surface area contributed by atoms with Gasteiger partial charge in [0.1, 0.15) is 0 Å². The lowest BCUT2D eigenvalue weighted by Gasteiger charge is -2.32. The van der Waals surface area contributed by atoms with Crippen molar-refractivity contribution in [2.24, 2.45) is 5.92 Å². The quantitative estimate of drug-likeness (QED) is 0.809. The molecule has 0 bridgehead atoms. The summed E-state index contributed by atoms with van der Waals surface area (Å²) < 4.78 is 31.9. The van der Waals surface area contributed by atoms with Gasteiger partial charge in [0, 0.05) is 25.4 Å². The Hall–Kier alpha value is -1.14. The van der Waals surface area contributed by atoms with E-state index in [-0.39, 0.29) is 5.25 Å². The molecule has 21 heavy (non-hydrogen) atoms. The molecule has 1 saturated heterocycles. The molecule has 6 heteroatoms. The average Bonchev–Trinajstić information content (AvgIpc) is 2.53. The number of nitrogens with zero attached hydrogens (tertiary/aromatic N) is 2. The van der Waals surface area contributed by atoms with Gasteiger partial charge in [0.2, 0.25) is 15.9 Å². The van der Waals surface area contributed by atoms with Gasteiger partial charge < -0.3 is 4.74 Å². The van der Waals surface area contributed by atoms with Crippen LogP contribution in [-0.4, -0.2) is 42.7 Å². The van der Waals surface area contributed by atoms with E-state index in [4.69, 9.17) is 4.74 Å². The van der Waals surface area contributed by atoms with Crippen LogP contribution in [0.4, 0.5) is 0 Å². The summed E-state index contributed by atoms with van der Waals surface area (Å²) in [6, 6.07) is 5.58. The monoisotopic (exact) mass is 312 g/mol. The topological polar surface area (TPSA) is 59.5 Å². The first-order chi connectivity index (χ1) is 10.0. The van der Waals surface area contributed by atoms with Crippen LogP contribution in [0.1, 0.15) is 33.1 Å². The van der Waals surface area contributed by atoms with Crippen LogP contribution in [0, 0.1) is 5.92 Å². The molecule has 0 spiro atoms. The number of pyridine rings is 1. The number of rotatable bonds is 6. The fourth-order valence-electron chi connectivity index (χ4n) is 2.43. The summed E-state index contributed by atoms with van der Waals surface area (Å²) in [7, 11) is -3.12. The highest BCUT2D eigenvalue weighted by Crippen LogP contribution is 2.23. The minimum atomic E-state index is -3.12. The van der Waals surface area contributed by atoms with E-state index in [2.05, 4.69) is 4.98 Å². The molecule has 1 aromatic rings. The number of hydrogen-bond acceptors (Lipinski definition) is 4. The second kappa shape index (κ2) is 7.22. The van der Waals surface area contributed by atoms with Crippen molar-refractivity contribution in [3.63, 3.8) is 0 Å². The van der Waals surface area contributed by atoms with Crippen LogP contribution in [0.5, 0.6) is 5.88 Å². The number of aromatic nitrogens is 1. The fraction of sp³-hybridized carbons (Fsp3) is 0.667. The molecule has 2 rings (SSSR count). The second-order valence-corrected chi connectivity index (χ2v) is 7.94. The van der Waals surface area contributed by atoms with Gasteiger partial charge in [-0.25, -0.2) is 17.7 Å². The van der Waals surface area contributed by atoms with Crippen molar-refractivity contribution >= 4 is 10.0 Å². The smallest absolute Gasteiger partial charge is 0.216 e. The minimum Gasteiger partial charge on any atom is -0.477 e. The maximum atomic E-state index is 12.3. The van der Waals surface area contributed by atoms with Crippen molar-refractivity contribution in [1.82, 2.24) is 9.29 Å². The molecule has 1 aromatic heterocycles. The van der Waals surface area contributed by atoms with Gasteiger partial charge in [-0.05, 0) is 38.2 Å². The Labute approximate surface area is 127 Å². The zero-order chi connectivity index (χ0) is 15.3. The molecule has 5 nitrogen and oxygen atoms in total. The highest BCUT2D eigenvalue weighted by Gasteiger charge is 2.31. The van der Waals surface area contributed by atoms with Crippen molar-refractivity contribution < 1.29 is 13.2 Å². The van der Waals surface area contributed by atoms with Gasteiger partial charge in [-0.15, -0.1) is 0 Å². The van der Waals surface area contributed by atoms with Crippen LogP contribution >= 0.6 is 0 Å². The first-order valence-electron chi connectivity index (χ1n) is 7.56. The molecule has 0 aliphatic carbocycles. The number of ether oxygens (including phenoxy) is 1. The van der Waals surface area contributed by atoms with Gasteiger partial charge >= 0.3 is 0 Å². The normalized spacial score (nSPS) is 19.3. The lowest BCUT2D eigenvalue weighted by molar-refractivity contribution is 0.180. The molecule has 1 aliphatic rings. The molecule has 118 valence electrons. The second-order valence-electron chi connectivity index (χ2n) is 5.59. The third kappa shape index (κ3) is 4.17. The van der Waals surface area contributed by atoms with Crippen LogP contribution in [0.15, 0.2) is 24.4 Å². The molecule has 0 amide bonds. The van der Waals surface area contributed by atoms with Crippen LogP contribution in [0.2, 0.25) is 0 Å². The predicted molar refractivity (Wildman–Crippen MR) is 82.7 cm³/mol. The molecule has 0 saturated carbocycles. The summed E-state index contributed by atoms with van der Waals surface area (Å²) in [6.07, 6.45) is 4.06. The summed E-state index contributed by atoms with van der Waals surface area (Å²) in [5.74, 6) is 1.03. The van der Waals surface area contributed by atoms with Crippen LogP contribution in [0.25, 0.3) is 0 Å². The number of hydrogen-bond donors (Lipinski definition) is 0. The van der Waals surface area contributed by atoms with E-state index < -0.39 is 10.0 Å². The van der Waals surface area contributed by atoms with Gasteiger partial charge in [0.05, 0.1) is 11.9 Å². The SMILES string of the molecule is CCC(C)S(=O)(=O)N1CCC(COc2ccccn2)CC1. The van der Waals surface area contributed by atoms with E-state index in [0.29, 0.717) is 37.9 Å². The Balaban J connectivity index is 1.81. The van der Waals surface area contributed by atoms with Gasteiger partial charge in [0.25, 0.3) is 0 Å². The van der Waals surface area contributed by atoms with Crippen LogP contribution in [0.3, 0.4) is 0 Å². The van der Waals surface area contributed by atoms with Crippen molar-refractivity contribution in [2.45, 2.75) is 38.4 Å². The first-order valence-corrected chi connectivity index (χ1v) is 9.07. The van der Waals surface area contributed by atoms with Crippen molar-refractivity contribution in [3.05, 3.63) is 24.4 Å². The highest BCUT2D eigenvalue weighted by atomic mass is 32.2. The molecule has 1 atom stereocenters. The third-order valence-corrected chi connectivity index (χ3v) is 6.56. The van der Waals surface area contributed by atoms with E-state index in [9.17, 15) is 8.42 Å². The largest absolute Gasteiger partial charge is 0.477 e. The Morgan fingerprint density at radius 3 is 2.67 bits per heavy atom. The van der Waals surface area contributed by atoms with Crippen molar-refractivity contribution in [1.29, 1.82) is 0 Å². The Morgan fingerprint density at radius 2 is 2.10 bits per heavy atom. The average molecular weight is 312 g/mol. The summed E-state index contributed by atoms with van der Waals surface area (Å²) in [5.41, 5.74) is 0. The van der Waals surface area contributed by atoms with Gasteiger partial charge in [0.15, 0.2) is 0 Å². The third-order valence-electron chi connectivity index (χ3n) is 4.12. The van der Waals surface area contributed by atoms with Crippen molar-refractivity contribution in [2.75, 3.05) is 19.7 Å². The van der Waals surface area contributed by atoms with E-state index in [1.165, 1.54) is 0 Å². The minimum absolute atomic E-state index is 0.293. The summed E-state index contributed by atoms with van der Waals surface area (Å²) in [5, 5.41) is -0.293. The van der Waals surface area contributed by atoms with E-state index in [1.54, 1.807) is 17.4 Å². The van der Waals surface area contributed by atoms with Crippen LogP contribution in [-0.2, 0) is 10.0 Å².